The van der Waals surface area contributed by atoms with Crippen molar-refractivity contribution in [1.29, 1.82) is 0 Å². The van der Waals surface area contributed by atoms with Gasteiger partial charge in [-0.25, -0.2) is 9.59 Å². The molecule has 2 amide bonds. The summed E-state index contributed by atoms with van der Waals surface area (Å²) >= 11 is 2.32. The highest BCUT2D eigenvalue weighted by Gasteiger charge is 2.52. The maximum atomic E-state index is 13.5. The Morgan fingerprint density at radius 1 is 0.804 bits per heavy atom. The van der Waals surface area contributed by atoms with Crippen LogP contribution in [0, 0.1) is 0 Å². The lowest BCUT2D eigenvalue weighted by atomic mass is 9.99. The summed E-state index contributed by atoms with van der Waals surface area (Å²) in [4.78, 5) is 86.4. The molecule has 262 valence electrons. The van der Waals surface area contributed by atoms with Crippen LogP contribution in [0.1, 0.15) is 54.9 Å². The van der Waals surface area contributed by atoms with Crippen LogP contribution < -0.4 is 10.6 Å². The Balaban J connectivity index is 3.48. The zero-order valence-electron chi connectivity index (χ0n) is 27.4. The molecular formula is C28H44N2O14S2. The number of carbonyl (C=O) groups excluding carboxylic acids is 7. The van der Waals surface area contributed by atoms with Crippen molar-refractivity contribution in [2.24, 2.45) is 0 Å². The normalized spacial score (nSPS) is 22.2. The monoisotopic (exact) mass is 696 g/mol. The van der Waals surface area contributed by atoms with Crippen molar-refractivity contribution in [2.75, 3.05) is 31.5 Å². The van der Waals surface area contributed by atoms with E-state index in [1.807, 2.05) is 6.26 Å². The molecule has 1 saturated heterocycles. The Morgan fingerprint density at radius 2 is 1.37 bits per heavy atom. The summed E-state index contributed by atoms with van der Waals surface area (Å²) in [6.45, 7) is 8.88. The van der Waals surface area contributed by atoms with Gasteiger partial charge in [-0.15, -0.1) is 11.8 Å². The first-order valence-electron chi connectivity index (χ1n) is 14.2. The van der Waals surface area contributed by atoms with Gasteiger partial charge in [0.2, 0.25) is 5.91 Å². The number of hydrogen-bond acceptors (Lipinski definition) is 16. The molecule has 0 aromatic heterocycles. The fourth-order valence-electron chi connectivity index (χ4n) is 4.05. The molecule has 1 aliphatic heterocycles. The molecule has 2 N–H and O–H groups in total. The molecule has 1 rings (SSSR count). The fourth-order valence-corrected chi connectivity index (χ4v) is 5.76. The predicted molar refractivity (Wildman–Crippen MR) is 165 cm³/mol. The van der Waals surface area contributed by atoms with E-state index in [-0.39, 0.29) is 12.2 Å². The first kappa shape index (κ1) is 40.8. The molecule has 0 aromatic carbocycles. The third-order valence-electron chi connectivity index (χ3n) is 5.80. The summed E-state index contributed by atoms with van der Waals surface area (Å²) in [6, 6.07) is -2.36. The Hall–Kier alpha value is -3.25. The third-order valence-corrected chi connectivity index (χ3v) is 7.67. The number of carbonyl (C=O) groups is 7. The number of thioether (sulfide) groups is 2. The molecule has 1 fully saturated rings. The van der Waals surface area contributed by atoms with E-state index in [1.54, 1.807) is 20.8 Å². The summed E-state index contributed by atoms with van der Waals surface area (Å²) < 4.78 is 37.6. The largest absolute Gasteiger partial charge is 0.467 e. The second kappa shape index (κ2) is 19.4. The topological polar surface area (TPSA) is 208 Å². The Kier molecular flexibility index (Phi) is 17.2. The number of hydrogen-bond donors (Lipinski definition) is 2. The van der Waals surface area contributed by atoms with E-state index in [0.29, 0.717) is 5.75 Å². The first-order chi connectivity index (χ1) is 21.4. The van der Waals surface area contributed by atoms with Gasteiger partial charge < -0.3 is 43.8 Å². The average molecular weight is 697 g/mol. The minimum absolute atomic E-state index is 0.242. The number of rotatable bonds is 15. The van der Waals surface area contributed by atoms with Crippen LogP contribution in [0.5, 0.6) is 0 Å². The van der Waals surface area contributed by atoms with E-state index in [1.165, 1.54) is 18.9 Å². The number of alkyl carbamates (subject to hydrolysis) is 1. The van der Waals surface area contributed by atoms with Crippen molar-refractivity contribution >= 4 is 65.4 Å². The van der Waals surface area contributed by atoms with Gasteiger partial charge in [0.05, 0.1) is 7.11 Å². The van der Waals surface area contributed by atoms with Gasteiger partial charge in [0.1, 0.15) is 35.8 Å². The first-order valence-corrected chi connectivity index (χ1v) is 16.6. The molecule has 0 aliphatic carbocycles. The van der Waals surface area contributed by atoms with Crippen molar-refractivity contribution in [3.8, 4) is 0 Å². The quantitative estimate of drug-likeness (QED) is 0.182. The molecule has 0 aromatic rings. The number of methoxy groups -OCH3 is 1. The molecule has 1 aliphatic rings. The van der Waals surface area contributed by atoms with Gasteiger partial charge in [-0.05, 0) is 39.2 Å². The molecule has 7 atom stereocenters. The number of nitrogens with one attached hydrogen (secondary N) is 2. The lowest BCUT2D eigenvalue weighted by Gasteiger charge is -2.44. The zero-order chi connectivity index (χ0) is 35.2. The highest BCUT2D eigenvalue weighted by Crippen LogP contribution is 2.34. The highest BCUT2D eigenvalue weighted by molar-refractivity contribution is 7.99. The van der Waals surface area contributed by atoms with Crippen molar-refractivity contribution in [3.63, 3.8) is 0 Å². The number of ether oxygens (including phenoxy) is 7. The van der Waals surface area contributed by atoms with Crippen molar-refractivity contribution in [3.05, 3.63) is 0 Å². The van der Waals surface area contributed by atoms with E-state index in [9.17, 15) is 33.6 Å². The third kappa shape index (κ3) is 14.9. The van der Waals surface area contributed by atoms with Gasteiger partial charge >= 0.3 is 35.9 Å². The van der Waals surface area contributed by atoms with E-state index in [2.05, 4.69) is 10.6 Å². The molecule has 46 heavy (non-hydrogen) atoms. The highest BCUT2D eigenvalue weighted by atomic mass is 32.2. The molecule has 0 radical (unpaired) electrons. The van der Waals surface area contributed by atoms with Crippen LogP contribution in [-0.4, -0.2) is 121 Å². The number of esters is 5. The maximum Gasteiger partial charge on any atom is 0.408 e. The molecule has 0 unspecified atom stereocenters. The van der Waals surface area contributed by atoms with Crippen LogP contribution in [0.3, 0.4) is 0 Å². The standard InChI is InChI=1S/C28H44N2O14S2/c1-14(31)39-12-20-21(40-15(2)32)22(41-16(3)33)23(42-17(4)34)26(43-20)46-13-19(30-27(37)44-28(5,6)7)24(35)29-18(10-11-45-9)25(36)38-8/h18-23,26H,10-13H2,1-9H3,(H,29,35)(H,30,37)/t18-,19-,20+,21+,22-,23+,26-/m0/s1. The molecule has 0 spiro atoms. The van der Waals surface area contributed by atoms with Crippen molar-refractivity contribution < 1.29 is 66.7 Å². The van der Waals surface area contributed by atoms with E-state index in [0.717, 1.165) is 39.5 Å². The van der Waals surface area contributed by atoms with Gasteiger partial charge in [0.25, 0.3) is 0 Å². The summed E-state index contributed by atoms with van der Waals surface area (Å²) in [5.74, 6) is -4.26. The average Bonchev–Trinajstić information content (AvgIpc) is 2.92. The molecule has 0 saturated carbocycles. The van der Waals surface area contributed by atoms with Crippen molar-refractivity contribution in [2.45, 2.75) is 102 Å². The lowest BCUT2D eigenvalue weighted by Crippen LogP contribution is -2.62. The second-order valence-corrected chi connectivity index (χ2v) is 13.1. The second-order valence-electron chi connectivity index (χ2n) is 11.0. The van der Waals surface area contributed by atoms with Gasteiger partial charge in [-0.2, -0.15) is 11.8 Å². The summed E-state index contributed by atoms with van der Waals surface area (Å²) in [5.41, 5.74) is -2.13. The van der Waals surface area contributed by atoms with E-state index in [4.69, 9.17) is 33.2 Å². The summed E-state index contributed by atoms with van der Waals surface area (Å²) in [5, 5.41) is 5.06. The van der Waals surface area contributed by atoms with Gasteiger partial charge in [0, 0.05) is 33.4 Å². The van der Waals surface area contributed by atoms with Crippen LogP contribution in [0.4, 0.5) is 4.79 Å². The number of amides is 2. The lowest BCUT2D eigenvalue weighted by molar-refractivity contribution is -0.237. The Morgan fingerprint density at radius 3 is 1.87 bits per heavy atom. The molecule has 0 bridgehead atoms. The van der Waals surface area contributed by atoms with Crippen LogP contribution in [0.25, 0.3) is 0 Å². The predicted octanol–water partition coefficient (Wildman–Crippen LogP) is 1.11. The zero-order valence-corrected chi connectivity index (χ0v) is 29.0. The molecule has 1 heterocycles. The minimum Gasteiger partial charge on any atom is -0.467 e. The smallest absolute Gasteiger partial charge is 0.408 e. The van der Waals surface area contributed by atoms with E-state index >= 15 is 0 Å². The maximum absolute atomic E-state index is 13.5. The molecule has 16 nitrogen and oxygen atoms in total. The van der Waals surface area contributed by atoms with E-state index < -0.39 is 96.0 Å². The molecule has 18 heteroatoms. The van der Waals surface area contributed by atoms with Crippen molar-refractivity contribution in [1.82, 2.24) is 10.6 Å². The van der Waals surface area contributed by atoms with Gasteiger partial charge in [0.15, 0.2) is 18.3 Å². The SMILES string of the molecule is COC(=O)[C@H](CCSC)NC(=O)[C@H](CS[C@@H]1O[C@H](COC(C)=O)[C@@H](OC(C)=O)[C@H](OC(C)=O)[C@H]1OC(C)=O)NC(=O)OC(C)(C)C. The summed E-state index contributed by atoms with van der Waals surface area (Å²) in [7, 11) is 1.18. The van der Waals surface area contributed by atoms with Crippen LogP contribution >= 0.6 is 23.5 Å². The van der Waals surface area contributed by atoms with Crippen LogP contribution in [0.2, 0.25) is 0 Å². The molecular weight excluding hydrogens is 652 g/mol. The summed E-state index contributed by atoms with van der Waals surface area (Å²) in [6.07, 6.45) is -4.24. The fraction of sp³-hybridized carbons (Fsp3) is 0.750. The van der Waals surface area contributed by atoms with Gasteiger partial charge in [-0.3, -0.25) is 24.0 Å². The Labute approximate surface area is 276 Å². The van der Waals surface area contributed by atoms with Gasteiger partial charge in [-0.1, -0.05) is 0 Å². The van der Waals surface area contributed by atoms with Crippen LogP contribution in [0.15, 0.2) is 0 Å². The minimum atomic E-state index is -1.42. The van der Waals surface area contributed by atoms with Crippen LogP contribution in [-0.2, 0) is 61.9 Å². The Bertz CT molecular complexity index is 1100.